The first-order valence-electron chi connectivity index (χ1n) is 23.4. The summed E-state index contributed by atoms with van der Waals surface area (Å²) in [6.45, 7) is 5.66. The Labute approximate surface area is 341 Å². The third-order valence-electron chi connectivity index (χ3n) is 10.3. The number of ether oxygens (including phenoxy) is 2. The first-order valence-corrected chi connectivity index (χ1v) is 24.9. The van der Waals surface area contributed by atoms with E-state index in [2.05, 4.69) is 26.0 Å². The number of rotatable bonds is 44. The number of phosphoric ester groups is 1. The van der Waals surface area contributed by atoms with Gasteiger partial charge in [0.25, 0.3) is 0 Å². The van der Waals surface area contributed by atoms with Crippen LogP contribution in [0.2, 0.25) is 0 Å². The van der Waals surface area contributed by atoms with Gasteiger partial charge in [-0.3, -0.25) is 13.8 Å². The summed E-state index contributed by atoms with van der Waals surface area (Å²) in [4.78, 5) is 22.9. The highest BCUT2D eigenvalue weighted by Crippen LogP contribution is 2.43. The van der Waals surface area contributed by atoms with Crippen LogP contribution in [0.1, 0.15) is 219 Å². The standard InChI is InChI=1S/C46H92NO7P/c1-6-8-10-12-14-16-18-20-22-23-24-25-26-27-29-31-33-35-37-39-46(48)54-45(44-53-55(49,50)52-42-40-47(3,4)5)43-51-41-38-36-34-32-30-28-21-19-17-15-13-11-9-7-2/h20,22,45H,6-19,21,23-44H2,1-5H3/p+1/b22-20-. The number of hydrogen-bond donors (Lipinski definition) is 1. The lowest BCUT2D eigenvalue weighted by Gasteiger charge is -2.24. The van der Waals surface area contributed by atoms with Gasteiger partial charge in [0.2, 0.25) is 0 Å². The Balaban J connectivity index is 4.16. The highest BCUT2D eigenvalue weighted by Gasteiger charge is 2.26. The summed E-state index contributed by atoms with van der Waals surface area (Å²) in [6, 6.07) is 0. The highest BCUT2D eigenvalue weighted by molar-refractivity contribution is 7.47. The van der Waals surface area contributed by atoms with E-state index in [4.69, 9.17) is 18.5 Å². The average Bonchev–Trinajstić information content (AvgIpc) is 3.13. The lowest BCUT2D eigenvalue weighted by molar-refractivity contribution is -0.870. The third-order valence-corrected chi connectivity index (χ3v) is 11.3. The molecule has 0 aromatic rings. The van der Waals surface area contributed by atoms with Crippen LogP contribution in [-0.4, -0.2) is 75.6 Å². The zero-order chi connectivity index (χ0) is 40.6. The van der Waals surface area contributed by atoms with Crippen molar-refractivity contribution in [2.75, 3.05) is 54.1 Å². The molecule has 0 aromatic heterocycles. The maximum Gasteiger partial charge on any atom is 0.472 e. The van der Waals surface area contributed by atoms with E-state index in [0.717, 1.165) is 32.1 Å². The predicted molar refractivity (Wildman–Crippen MR) is 234 cm³/mol. The molecule has 8 nitrogen and oxygen atoms in total. The molecule has 0 amide bonds. The Bertz CT molecular complexity index is 894. The Morgan fingerprint density at radius 1 is 0.545 bits per heavy atom. The second-order valence-corrected chi connectivity index (χ2v) is 18.6. The number of carbonyl (C=O) groups is 1. The highest BCUT2D eigenvalue weighted by atomic mass is 31.2. The molecule has 0 bridgehead atoms. The summed E-state index contributed by atoms with van der Waals surface area (Å²) in [6.07, 6.45) is 43.8. The molecule has 0 heterocycles. The first-order chi connectivity index (χ1) is 26.6. The number of unbranched alkanes of at least 4 members (excludes halogenated alkanes) is 28. The molecule has 1 N–H and O–H groups in total. The molecule has 0 rings (SSSR count). The Morgan fingerprint density at radius 2 is 0.945 bits per heavy atom. The summed E-state index contributed by atoms with van der Waals surface area (Å²) in [5.41, 5.74) is 0. The number of likely N-dealkylation sites (N-methyl/N-ethyl adjacent to an activating group) is 1. The largest absolute Gasteiger partial charge is 0.472 e. The van der Waals surface area contributed by atoms with E-state index in [9.17, 15) is 14.3 Å². The van der Waals surface area contributed by atoms with Crippen LogP contribution >= 0.6 is 7.82 Å². The minimum atomic E-state index is -4.27. The van der Waals surface area contributed by atoms with Gasteiger partial charge in [0, 0.05) is 13.0 Å². The zero-order valence-electron chi connectivity index (χ0n) is 37.2. The van der Waals surface area contributed by atoms with Gasteiger partial charge < -0.3 is 18.9 Å². The van der Waals surface area contributed by atoms with Gasteiger partial charge in [0.1, 0.15) is 19.3 Å². The maximum absolute atomic E-state index is 12.7. The van der Waals surface area contributed by atoms with E-state index in [1.54, 1.807) is 0 Å². The molecule has 0 fully saturated rings. The summed E-state index contributed by atoms with van der Waals surface area (Å²) >= 11 is 0. The molecule has 9 heteroatoms. The molecular formula is C46H93NO7P+. The minimum absolute atomic E-state index is 0.0916. The fourth-order valence-electron chi connectivity index (χ4n) is 6.67. The van der Waals surface area contributed by atoms with E-state index < -0.39 is 13.9 Å². The van der Waals surface area contributed by atoms with E-state index in [0.29, 0.717) is 24.1 Å². The number of esters is 1. The number of allylic oxidation sites excluding steroid dienone is 2. The van der Waals surface area contributed by atoms with Crippen LogP contribution in [0.15, 0.2) is 12.2 Å². The van der Waals surface area contributed by atoms with Crippen molar-refractivity contribution in [1.82, 2.24) is 0 Å². The summed E-state index contributed by atoms with van der Waals surface area (Å²) in [5.74, 6) is -0.312. The average molecular weight is 803 g/mol. The van der Waals surface area contributed by atoms with Crippen LogP contribution in [0.4, 0.5) is 0 Å². The van der Waals surface area contributed by atoms with Crippen molar-refractivity contribution in [1.29, 1.82) is 0 Å². The fourth-order valence-corrected chi connectivity index (χ4v) is 7.41. The zero-order valence-corrected chi connectivity index (χ0v) is 38.1. The van der Waals surface area contributed by atoms with Crippen molar-refractivity contribution in [3.8, 4) is 0 Å². The van der Waals surface area contributed by atoms with Gasteiger partial charge in [0.15, 0.2) is 0 Å². The van der Waals surface area contributed by atoms with E-state index in [1.165, 1.54) is 167 Å². The van der Waals surface area contributed by atoms with Gasteiger partial charge in [-0.1, -0.05) is 187 Å². The van der Waals surface area contributed by atoms with E-state index in [1.807, 2.05) is 21.1 Å². The second kappa shape index (κ2) is 40.0. The van der Waals surface area contributed by atoms with Crippen LogP contribution in [-0.2, 0) is 27.9 Å². The van der Waals surface area contributed by atoms with Gasteiger partial charge in [-0.05, 0) is 38.5 Å². The Kier molecular flexibility index (Phi) is 39.5. The van der Waals surface area contributed by atoms with Gasteiger partial charge in [-0.25, -0.2) is 4.57 Å². The van der Waals surface area contributed by atoms with E-state index in [-0.39, 0.29) is 25.8 Å². The van der Waals surface area contributed by atoms with Crippen LogP contribution in [0.25, 0.3) is 0 Å². The molecule has 2 atom stereocenters. The van der Waals surface area contributed by atoms with Crippen LogP contribution in [0.5, 0.6) is 0 Å². The van der Waals surface area contributed by atoms with Crippen LogP contribution < -0.4 is 0 Å². The monoisotopic (exact) mass is 803 g/mol. The lowest BCUT2D eigenvalue weighted by atomic mass is 10.0. The molecule has 0 saturated heterocycles. The van der Waals surface area contributed by atoms with Crippen molar-refractivity contribution >= 4 is 13.8 Å². The Hall–Kier alpha value is -0.760. The van der Waals surface area contributed by atoms with Gasteiger partial charge >= 0.3 is 13.8 Å². The molecule has 0 aromatic carbocycles. The maximum atomic E-state index is 12.7. The molecule has 0 spiro atoms. The predicted octanol–water partition coefficient (Wildman–Crippen LogP) is 13.8. The van der Waals surface area contributed by atoms with Crippen molar-refractivity contribution in [2.24, 2.45) is 0 Å². The molecule has 0 radical (unpaired) electrons. The number of hydrogen-bond acceptors (Lipinski definition) is 6. The molecule has 0 aliphatic heterocycles. The number of phosphoric acid groups is 1. The Morgan fingerprint density at radius 3 is 1.38 bits per heavy atom. The number of carbonyl (C=O) groups excluding carboxylic acids is 1. The number of quaternary nitrogens is 1. The third kappa shape index (κ3) is 44.2. The summed E-state index contributed by atoms with van der Waals surface area (Å²) < 4.78 is 35.1. The molecule has 0 aliphatic carbocycles. The molecule has 0 aliphatic rings. The SMILES string of the molecule is CCCCCCCC/C=C\CCCCCCCCCCCC(=O)OC(COCCCCCCCCCCCCCCCC)COP(=O)(O)OCC[N+](C)(C)C. The van der Waals surface area contributed by atoms with Gasteiger partial charge in [-0.15, -0.1) is 0 Å². The van der Waals surface area contributed by atoms with Crippen molar-refractivity contribution in [3.05, 3.63) is 12.2 Å². The normalized spacial score (nSPS) is 13.8. The molecule has 55 heavy (non-hydrogen) atoms. The molecule has 328 valence electrons. The van der Waals surface area contributed by atoms with Crippen molar-refractivity contribution in [2.45, 2.75) is 225 Å². The lowest BCUT2D eigenvalue weighted by Crippen LogP contribution is -2.37. The second-order valence-electron chi connectivity index (χ2n) is 17.1. The van der Waals surface area contributed by atoms with E-state index >= 15 is 0 Å². The molecular weight excluding hydrogens is 709 g/mol. The first kappa shape index (κ1) is 54.2. The van der Waals surface area contributed by atoms with Crippen LogP contribution in [0, 0.1) is 0 Å². The molecule has 0 saturated carbocycles. The smallest absolute Gasteiger partial charge is 0.457 e. The van der Waals surface area contributed by atoms with Crippen molar-refractivity contribution < 1.29 is 37.3 Å². The minimum Gasteiger partial charge on any atom is -0.457 e. The quantitative estimate of drug-likeness (QED) is 0.0216. The summed E-state index contributed by atoms with van der Waals surface area (Å²) in [5, 5.41) is 0. The number of nitrogens with zero attached hydrogens (tertiary/aromatic N) is 1. The fraction of sp³-hybridized carbons (Fsp3) is 0.935. The molecule has 2 unspecified atom stereocenters. The van der Waals surface area contributed by atoms with Crippen molar-refractivity contribution in [3.63, 3.8) is 0 Å². The topological polar surface area (TPSA) is 91.3 Å². The van der Waals surface area contributed by atoms with Gasteiger partial charge in [-0.2, -0.15) is 0 Å². The summed E-state index contributed by atoms with van der Waals surface area (Å²) in [7, 11) is 1.68. The van der Waals surface area contributed by atoms with Gasteiger partial charge in [0.05, 0.1) is 34.4 Å². The van der Waals surface area contributed by atoms with Crippen LogP contribution in [0.3, 0.4) is 0 Å².